The molecule has 0 aliphatic carbocycles. The predicted molar refractivity (Wildman–Crippen MR) is 158 cm³/mol. The molecule has 8 heteroatoms. The van der Waals surface area contributed by atoms with Crippen LogP contribution in [0.4, 0.5) is 0 Å². The SMILES string of the molecule is CN[C@@H](CCc1ccccc1)C(=O)N[C@@H](CC(C)C)C(=O)N[C@@H](Cc1ccccc1)C(=O)OC(=O)c1ccccc1. The molecule has 0 bridgehead atoms. The first kappa shape index (κ1) is 31.2. The molecule has 216 valence electrons. The standard InChI is InChI=1S/C33H39N3O5/c1-23(2)21-28(35-30(37)27(34-3)20-19-24-13-7-4-8-14-24)31(38)36-29(22-25-15-9-5-10-16-25)33(40)41-32(39)26-17-11-6-12-18-26/h4-18,23,27-29,34H,19-22H2,1-3H3,(H,35,37)(H,36,38)/t27-,28-,29-/m0/s1. The molecule has 0 saturated heterocycles. The van der Waals surface area contributed by atoms with Crippen molar-refractivity contribution in [3.05, 3.63) is 108 Å². The minimum absolute atomic E-state index is 0.0857. The molecule has 0 saturated carbocycles. The zero-order chi connectivity index (χ0) is 29.6. The van der Waals surface area contributed by atoms with Gasteiger partial charge in [-0.25, -0.2) is 9.59 Å². The van der Waals surface area contributed by atoms with E-state index in [1.54, 1.807) is 37.4 Å². The van der Waals surface area contributed by atoms with E-state index in [-0.39, 0.29) is 23.8 Å². The first-order chi connectivity index (χ1) is 19.8. The van der Waals surface area contributed by atoms with E-state index in [2.05, 4.69) is 16.0 Å². The van der Waals surface area contributed by atoms with E-state index in [1.807, 2.05) is 74.5 Å². The number of ether oxygens (including phenoxy) is 1. The van der Waals surface area contributed by atoms with Crippen molar-refractivity contribution in [2.45, 2.75) is 57.7 Å². The number of rotatable bonds is 14. The molecule has 0 fully saturated rings. The minimum atomic E-state index is -1.14. The predicted octanol–water partition coefficient (Wildman–Crippen LogP) is 3.85. The van der Waals surface area contributed by atoms with Gasteiger partial charge in [-0.1, -0.05) is 92.7 Å². The smallest absolute Gasteiger partial charge is 0.345 e. The van der Waals surface area contributed by atoms with Crippen molar-refractivity contribution in [2.75, 3.05) is 7.05 Å². The second kappa shape index (κ2) is 16.1. The lowest BCUT2D eigenvalue weighted by molar-refractivity contribution is -0.143. The van der Waals surface area contributed by atoms with Gasteiger partial charge < -0.3 is 20.7 Å². The summed E-state index contributed by atoms with van der Waals surface area (Å²) in [5, 5.41) is 8.67. The Morgan fingerprint density at radius 1 is 0.683 bits per heavy atom. The summed E-state index contributed by atoms with van der Waals surface area (Å²) in [5.41, 5.74) is 2.12. The number of benzene rings is 3. The van der Waals surface area contributed by atoms with Crippen molar-refractivity contribution in [3.63, 3.8) is 0 Å². The molecule has 0 spiro atoms. The average molecular weight is 558 g/mol. The maximum absolute atomic E-state index is 13.5. The number of hydrogen-bond acceptors (Lipinski definition) is 6. The summed E-state index contributed by atoms with van der Waals surface area (Å²) in [6.45, 7) is 3.90. The quantitative estimate of drug-likeness (QED) is 0.205. The van der Waals surface area contributed by atoms with Crippen molar-refractivity contribution in [1.29, 1.82) is 0 Å². The Morgan fingerprint density at radius 3 is 1.76 bits per heavy atom. The highest BCUT2D eigenvalue weighted by Gasteiger charge is 2.31. The molecule has 0 aliphatic rings. The summed E-state index contributed by atoms with van der Waals surface area (Å²) >= 11 is 0. The van der Waals surface area contributed by atoms with E-state index in [1.165, 1.54) is 0 Å². The highest BCUT2D eigenvalue weighted by Crippen LogP contribution is 2.11. The van der Waals surface area contributed by atoms with Crippen LogP contribution in [0.2, 0.25) is 0 Å². The third kappa shape index (κ3) is 10.3. The summed E-state index contributed by atoms with van der Waals surface area (Å²) in [6, 6.07) is 24.7. The summed E-state index contributed by atoms with van der Waals surface area (Å²) in [6.07, 6.45) is 1.73. The maximum atomic E-state index is 13.5. The number of esters is 2. The number of carbonyl (C=O) groups is 4. The van der Waals surface area contributed by atoms with Crippen LogP contribution in [0.3, 0.4) is 0 Å². The maximum Gasteiger partial charge on any atom is 0.345 e. The van der Waals surface area contributed by atoms with Gasteiger partial charge in [0.2, 0.25) is 11.8 Å². The van der Waals surface area contributed by atoms with Crippen LogP contribution in [0.1, 0.15) is 48.2 Å². The molecular formula is C33H39N3O5. The Hall–Kier alpha value is -4.30. The zero-order valence-corrected chi connectivity index (χ0v) is 23.8. The number of amides is 2. The van der Waals surface area contributed by atoms with Gasteiger partial charge in [-0.2, -0.15) is 0 Å². The van der Waals surface area contributed by atoms with Crippen LogP contribution in [0.25, 0.3) is 0 Å². The van der Waals surface area contributed by atoms with Gasteiger partial charge in [0.15, 0.2) is 0 Å². The van der Waals surface area contributed by atoms with Gasteiger partial charge in [-0.05, 0) is 55.5 Å². The van der Waals surface area contributed by atoms with Crippen molar-refractivity contribution >= 4 is 23.8 Å². The second-order valence-electron chi connectivity index (χ2n) is 10.4. The Balaban J connectivity index is 1.72. The number of nitrogens with one attached hydrogen (secondary N) is 3. The third-order valence-corrected chi connectivity index (χ3v) is 6.66. The van der Waals surface area contributed by atoms with E-state index in [4.69, 9.17) is 4.74 Å². The topological polar surface area (TPSA) is 114 Å². The van der Waals surface area contributed by atoms with Crippen LogP contribution in [0.15, 0.2) is 91.0 Å². The first-order valence-electron chi connectivity index (χ1n) is 13.9. The Labute approximate surface area is 241 Å². The Bertz CT molecular complexity index is 1270. The van der Waals surface area contributed by atoms with Gasteiger partial charge in [0.05, 0.1) is 11.6 Å². The third-order valence-electron chi connectivity index (χ3n) is 6.66. The van der Waals surface area contributed by atoms with Gasteiger partial charge in [-0.3, -0.25) is 9.59 Å². The zero-order valence-electron chi connectivity index (χ0n) is 23.8. The molecule has 3 N–H and O–H groups in total. The molecule has 0 heterocycles. The first-order valence-corrected chi connectivity index (χ1v) is 13.9. The summed E-state index contributed by atoms with van der Waals surface area (Å²) < 4.78 is 5.15. The Kier molecular flexibility index (Phi) is 12.3. The van der Waals surface area contributed by atoms with Crippen LogP contribution in [-0.2, 0) is 32.0 Å². The number of carbonyl (C=O) groups excluding carboxylic acids is 4. The van der Waals surface area contributed by atoms with Crippen LogP contribution in [0, 0.1) is 5.92 Å². The molecule has 0 aromatic heterocycles. The van der Waals surface area contributed by atoms with E-state index < -0.39 is 36.0 Å². The molecule has 3 rings (SSSR count). The minimum Gasteiger partial charge on any atom is -0.388 e. The van der Waals surface area contributed by atoms with Crippen LogP contribution in [-0.4, -0.2) is 48.9 Å². The van der Waals surface area contributed by atoms with Gasteiger partial charge in [0, 0.05) is 6.42 Å². The molecule has 3 aromatic rings. The molecule has 2 amide bonds. The number of hydrogen-bond donors (Lipinski definition) is 3. The summed E-state index contributed by atoms with van der Waals surface area (Å²) in [4.78, 5) is 52.5. The average Bonchev–Trinajstić information content (AvgIpc) is 2.98. The molecule has 0 radical (unpaired) electrons. The summed E-state index contributed by atoms with van der Waals surface area (Å²) in [7, 11) is 1.71. The number of aryl methyl sites for hydroxylation is 1. The fourth-order valence-electron chi connectivity index (χ4n) is 4.45. The second-order valence-corrected chi connectivity index (χ2v) is 10.4. The van der Waals surface area contributed by atoms with Gasteiger partial charge >= 0.3 is 11.9 Å². The summed E-state index contributed by atoms with van der Waals surface area (Å²) in [5.74, 6) is -2.41. The lowest BCUT2D eigenvalue weighted by atomic mass is 10.00. The molecule has 0 unspecified atom stereocenters. The molecule has 41 heavy (non-hydrogen) atoms. The van der Waals surface area contributed by atoms with E-state index in [9.17, 15) is 19.2 Å². The van der Waals surface area contributed by atoms with Crippen molar-refractivity contribution in [1.82, 2.24) is 16.0 Å². The van der Waals surface area contributed by atoms with Crippen LogP contribution >= 0.6 is 0 Å². The molecule has 3 aromatic carbocycles. The fraction of sp³-hybridized carbons (Fsp3) is 0.333. The van der Waals surface area contributed by atoms with Crippen molar-refractivity contribution in [2.24, 2.45) is 5.92 Å². The highest BCUT2D eigenvalue weighted by molar-refractivity contribution is 5.99. The van der Waals surface area contributed by atoms with E-state index >= 15 is 0 Å². The van der Waals surface area contributed by atoms with Crippen LogP contribution < -0.4 is 16.0 Å². The molecule has 0 aliphatic heterocycles. The Morgan fingerprint density at radius 2 is 1.20 bits per heavy atom. The van der Waals surface area contributed by atoms with Crippen molar-refractivity contribution in [3.8, 4) is 0 Å². The lowest BCUT2D eigenvalue weighted by Crippen LogP contribution is -2.55. The molecular weight excluding hydrogens is 518 g/mol. The lowest BCUT2D eigenvalue weighted by Gasteiger charge is -2.25. The van der Waals surface area contributed by atoms with Gasteiger partial charge in [-0.15, -0.1) is 0 Å². The van der Waals surface area contributed by atoms with E-state index in [0.717, 1.165) is 11.1 Å². The van der Waals surface area contributed by atoms with Crippen LogP contribution in [0.5, 0.6) is 0 Å². The van der Waals surface area contributed by atoms with Gasteiger partial charge in [0.25, 0.3) is 0 Å². The highest BCUT2D eigenvalue weighted by atomic mass is 16.6. The molecule has 3 atom stereocenters. The van der Waals surface area contributed by atoms with E-state index in [0.29, 0.717) is 19.3 Å². The monoisotopic (exact) mass is 557 g/mol. The normalized spacial score (nSPS) is 13.1. The largest absolute Gasteiger partial charge is 0.388 e. The van der Waals surface area contributed by atoms with Crippen molar-refractivity contribution < 1.29 is 23.9 Å². The molecule has 8 nitrogen and oxygen atoms in total. The van der Waals surface area contributed by atoms with Gasteiger partial charge in [0.1, 0.15) is 12.1 Å². The fourth-order valence-corrected chi connectivity index (χ4v) is 4.45. The number of likely N-dealkylation sites (N-methyl/N-ethyl adjacent to an activating group) is 1.